The van der Waals surface area contributed by atoms with E-state index in [1.54, 1.807) is 0 Å². The fourth-order valence-electron chi connectivity index (χ4n) is 1.23. The number of hydrogen-bond acceptors (Lipinski definition) is 2. The minimum absolute atomic E-state index is 0.131. The third kappa shape index (κ3) is 6.05. The average molecular weight is 312 g/mol. The van der Waals surface area contributed by atoms with Crippen molar-refractivity contribution in [3.05, 3.63) is 29.8 Å². The predicted molar refractivity (Wildman–Crippen MR) is 65.4 cm³/mol. The van der Waals surface area contributed by atoms with Crippen LogP contribution >= 0.6 is 7.60 Å². The molecule has 0 fully saturated rings. The molecule has 1 aromatic carbocycles. The average Bonchev–Trinajstić information content (AvgIpc) is 2.26. The normalized spacial score (nSPS) is 12.1. The van der Waals surface area contributed by atoms with Gasteiger partial charge >= 0.3 is 19.8 Å². The standard InChI is InChI=1S/C10H12F3N2O4P/c11-10(12,13)7-1-3-8(4-2-7)15-9(16)14-5-6-20(17,18)19/h1-4H,5-6H2,(H2,14,15,16)(H2,17,18,19). The van der Waals surface area contributed by atoms with E-state index in [9.17, 15) is 22.5 Å². The molecule has 0 saturated heterocycles. The van der Waals surface area contributed by atoms with Gasteiger partial charge in [-0.25, -0.2) is 4.79 Å². The van der Waals surface area contributed by atoms with Gasteiger partial charge in [0.15, 0.2) is 0 Å². The summed E-state index contributed by atoms with van der Waals surface area (Å²) in [5.41, 5.74) is -0.711. The Kier molecular flexibility index (Phi) is 5.15. The Morgan fingerprint density at radius 3 is 2.20 bits per heavy atom. The van der Waals surface area contributed by atoms with Gasteiger partial charge in [-0.2, -0.15) is 13.2 Å². The fourth-order valence-corrected chi connectivity index (χ4v) is 1.64. The van der Waals surface area contributed by atoms with Crippen molar-refractivity contribution in [2.45, 2.75) is 6.18 Å². The molecule has 0 unspecified atom stereocenters. The maximum Gasteiger partial charge on any atom is 0.416 e. The summed E-state index contributed by atoms with van der Waals surface area (Å²) in [5.74, 6) is 0. The predicted octanol–water partition coefficient (Wildman–Crippen LogP) is 2.00. The zero-order chi connectivity index (χ0) is 15.4. The molecule has 4 N–H and O–H groups in total. The Hall–Kier alpha value is -1.57. The van der Waals surface area contributed by atoms with Gasteiger partial charge in [0.2, 0.25) is 0 Å². The summed E-state index contributed by atoms with van der Waals surface area (Å²) in [4.78, 5) is 28.4. The molecule has 20 heavy (non-hydrogen) atoms. The molecular formula is C10H12F3N2O4P. The molecule has 0 radical (unpaired) electrons. The number of urea groups is 1. The van der Waals surface area contributed by atoms with Crippen LogP contribution in [0, 0.1) is 0 Å². The highest BCUT2D eigenvalue weighted by Crippen LogP contribution is 2.33. The molecular weight excluding hydrogens is 300 g/mol. The van der Waals surface area contributed by atoms with E-state index in [0.717, 1.165) is 24.3 Å². The molecule has 0 atom stereocenters. The van der Waals surface area contributed by atoms with Crippen molar-refractivity contribution in [2.24, 2.45) is 0 Å². The zero-order valence-electron chi connectivity index (χ0n) is 10.0. The van der Waals surface area contributed by atoms with Gasteiger partial charge in [0.1, 0.15) is 0 Å². The SMILES string of the molecule is O=C(NCCP(=O)(O)O)Nc1ccc(C(F)(F)F)cc1. The molecule has 1 aromatic rings. The highest BCUT2D eigenvalue weighted by molar-refractivity contribution is 7.51. The Morgan fingerprint density at radius 1 is 1.20 bits per heavy atom. The lowest BCUT2D eigenvalue weighted by atomic mass is 10.2. The van der Waals surface area contributed by atoms with Crippen LogP contribution in [-0.2, 0) is 10.7 Å². The fraction of sp³-hybridized carbons (Fsp3) is 0.300. The van der Waals surface area contributed by atoms with E-state index < -0.39 is 31.5 Å². The molecule has 1 rings (SSSR count). The van der Waals surface area contributed by atoms with Gasteiger partial charge in [0, 0.05) is 12.2 Å². The monoisotopic (exact) mass is 312 g/mol. The Labute approximate surface area is 112 Å². The second-order valence-electron chi connectivity index (χ2n) is 3.84. The summed E-state index contributed by atoms with van der Waals surface area (Å²) in [7, 11) is -4.20. The third-order valence-electron chi connectivity index (χ3n) is 2.16. The molecule has 2 amide bonds. The largest absolute Gasteiger partial charge is 0.416 e. The Morgan fingerprint density at radius 2 is 1.75 bits per heavy atom. The zero-order valence-corrected chi connectivity index (χ0v) is 10.9. The smallest absolute Gasteiger partial charge is 0.337 e. The molecule has 0 spiro atoms. The van der Waals surface area contributed by atoms with Gasteiger partial charge < -0.3 is 20.4 Å². The van der Waals surface area contributed by atoms with E-state index in [1.807, 2.05) is 0 Å². The van der Waals surface area contributed by atoms with Crippen molar-refractivity contribution in [1.82, 2.24) is 5.32 Å². The van der Waals surface area contributed by atoms with E-state index in [2.05, 4.69) is 10.6 Å². The van der Waals surface area contributed by atoms with Crippen molar-refractivity contribution < 1.29 is 32.3 Å². The molecule has 112 valence electrons. The first-order valence-corrected chi connectivity index (χ1v) is 7.14. The van der Waals surface area contributed by atoms with Crippen LogP contribution in [-0.4, -0.2) is 28.5 Å². The number of carbonyl (C=O) groups excluding carboxylic acids is 1. The molecule has 0 aromatic heterocycles. The first-order valence-electron chi connectivity index (χ1n) is 5.34. The van der Waals surface area contributed by atoms with E-state index in [0.29, 0.717) is 0 Å². The number of benzene rings is 1. The second kappa shape index (κ2) is 6.25. The van der Waals surface area contributed by atoms with Crippen LogP contribution in [0.4, 0.5) is 23.7 Å². The molecule has 0 aliphatic heterocycles. The maximum atomic E-state index is 12.3. The van der Waals surface area contributed by atoms with Gasteiger partial charge in [-0.05, 0) is 24.3 Å². The van der Waals surface area contributed by atoms with Crippen LogP contribution < -0.4 is 10.6 Å². The number of halogens is 3. The second-order valence-corrected chi connectivity index (χ2v) is 5.62. The topological polar surface area (TPSA) is 98.7 Å². The number of carbonyl (C=O) groups is 1. The lowest BCUT2D eigenvalue weighted by molar-refractivity contribution is -0.137. The lowest BCUT2D eigenvalue weighted by Gasteiger charge is -2.10. The highest BCUT2D eigenvalue weighted by Gasteiger charge is 2.29. The first kappa shape index (κ1) is 16.5. The minimum Gasteiger partial charge on any atom is -0.337 e. The number of anilines is 1. The van der Waals surface area contributed by atoms with Crippen molar-refractivity contribution in [3.63, 3.8) is 0 Å². The quantitative estimate of drug-likeness (QED) is 0.639. The van der Waals surface area contributed by atoms with Crippen LogP contribution in [0.15, 0.2) is 24.3 Å². The number of alkyl halides is 3. The van der Waals surface area contributed by atoms with Crippen LogP contribution in [0.1, 0.15) is 5.56 Å². The lowest BCUT2D eigenvalue weighted by Crippen LogP contribution is -2.31. The minimum atomic E-state index is -4.45. The molecule has 10 heteroatoms. The van der Waals surface area contributed by atoms with Crippen molar-refractivity contribution >= 4 is 19.3 Å². The van der Waals surface area contributed by atoms with Crippen LogP contribution in [0.5, 0.6) is 0 Å². The number of rotatable bonds is 4. The van der Waals surface area contributed by atoms with Gasteiger partial charge in [-0.15, -0.1) is 0 Å². The summed E-state index contributed by atoms with van der Waals surface area (Å²) in [6.45, 7) is -0.253. The number of amides is 2. The number of hydrogen-bond donors (Lipinski definition) is 4. The Balaban J connectivity index is 2.49. The summed E-state index contributed by atoms with van der Waals surface area (Å²) < 4.78 is 47.4. The summed E-state index contributed by atoms with van der Waals surface area (Å²) >= 11 is 0. The van der Waals surface area contributed by atoms with Crippen molar-refractivity contribution in [2.75, 3.05) is 18.0 Å². The van der Waals surface area contributed by atoms with Gasteiger partial charge in [0.25, 0.3) is 0 Å². The first-order chi connectivity index (χ1) is 9.08. The Bertz CT molecular complexity index is 512. The molecule has 0 saturated carbocycles. The van der Waals surface area contributed by atoms with E-state index >= 15 is 0 Å². The van der Waals surface area contributed by atoms with E-state index in [1.165, 1.54) is 0 Å². The van der Waals surface area contributed by atoms with Crippen molar-refractivity contribution in [3.8, 4) is 0 Å². The van der Waals surface area contributed by atoms with E-state index in [4.69, 9.17) is 9.79 Å². The van der Waals surface area contributed by atoms with E-state index in [-0.39, 0.29) is 12.2 Å². The number of nitrogens with one attached hydrogen (secondary N) is 2. The van der Waals surface area contributed by atoms with Gasteiger partial charge in [0.05, 0.1) is 11.7 Å². The van der Waals surface area contributed by atoms with Gasteiger partial charge in [-0.3, -0.25) is 4.57 Å². The molecule has 0 aliphatic rings. The van der Waals surface area contributed by atoms with Crippen molar-refractivity contribution in [1.29, 1.82) is 0 Å². The van der Waals surface area contributed by atoms with Crippen LogP contribution in [0.2, 0.25) is 0 Å². The highest BCUT2D eigenvalue weighted by atomic mass is 31.2. The summed E-state index contributed by atoms with van der Waals surface area (Å²) in [6.07, 6.45) is -4.97. The third-order valence-corrected chi connectivity index (χ3v) is 2.96. The molecule has 0 aliphatic carbocycles. The molecule has 0 bridgehead atoms. The molecule has 6 nitrogen and oxygen atoms in total. The van der Waals surface area contributed by atoms with Gasteiger partial charge in [-0.1, -0.05) is 0 Å². The summed E-state index contributed by atoms with van der Waals surface area (Å²) in [6, 6.07) is 3.01. The maximum absolute atomic E-state index is 12.3. The summed E-state index contributed by atoms with van der Waals surface area (Å²) in [5, 5.41) is 4.40. The van der Waals surface area contributed by atoms with Crippen LogP contribution in [0.3, 0.4) is 0 Å². The van der Waals surface area contributed by atoms with Crippen LogP contribution in [0.25, 0.3) is 0 Å². The molecule has 0 heterocycles.